The Balaban J connectivity index is -0.000000735. The molecule has 25 heavy (non-hydrogen) atoms. The molecule has 4 N–H and O–H groups in total. The van der Waals surface area contributed by atoms with Gasteiger partial charge in [-0.15, -0.1) is 24.8 Å². The topological polar surface area (TPSA) is 47.0 Å². The molecular weight excluding hydrogens is 351 g/mol. The van der Waals surface area contributed by atoms with E-state index in [0.717, 1.165) is 0 Å². The summed E-state index contributed by atoms with van der Waals surface area (Å²) in [6.45, 7) is 6.95. The molecular formula is C21H50Cl2N2. The Labute approximate surface area is 172 Å². The summed E-state index contributed by atoms with van der Waals surface area (Å²) in [6, 6.07) is 0. The van der Waals surface area contributed by atoms with Gasteiger partial charge in [0.1, 0.15) is 0 Å². The van der Waals surface area contributed by atoms with E-state index in [1.54, 1.807) is 0 Å². The highest BCUT2D eigenvalue weighted by Crippen LogP contribution is 2.13. The standard InChI is InChI=1S/C21H45N.2ClH.H3N/c1-3-5-6-7-8-9-10-11-12-13-14-15-16-17-18-19-21-22-20-4-2;;;/h22H,3-21H2,1-2H3;2*1H;1H3. The molecule has 0 aromatic carbocycles. The van der Waals surface area contributed by atoms with E-state index in [2.05, 4.69) is 19.2 Å². The number of hydrogen-bond acceptors (Lipinski definition) is 2. The van der Waals surface area contributed by atoms with E-state index in [9.17, 15) is 0 Å². The Morgan fingerprint density at radius 1 is 0.400 bits per heavy atom. The largest absolute Gasteiger partial charge is 0.344 e. The summed E-state index contributed by atoms with van der Waals surface area (Å²) in [5.41, 5.74) is 0. The number of nitrogens with one attached hydrogen (secondary N) is 1. The molecule has 0 fully saturated rings. The summed E-state index contributed by atoms with van der Waals surface area (Å²) in [7, 11) is 0. The number of halogens is 2. The summed E-state index contributed by atoms with van der Waals surface area (Å²) in [4.78, 5) is 0. The van der Waals surface area contributed by atoms with Gasteiger partial charge in [0.25, 0.3) is 0 Å². The third kappa shape index (κ3) is 32.6. The average molecular weight is 402 g/mol. The van der Waals surface area contributed by atoms with Gasteiger partial charge in [-0.3, -0.25) is 0 Å². The van der Waals surface area contributed by atoms with Crippen molar-refractivity contribution in [3.63, 3.8) is 0 Å². The third-order valence-electron chi connectivity index (χ3n) is 4.63. The first kappa shape index (κ1) is 33.1. The van der Waals surface area contributed by atoms with Crippen LogP contribution in [-0.4, -0.2) is 13.1 Å². The molecule has 2 nitrogen and oxygen atoms in total. The summed E-state index contributed by atoms with van der Waals surface area (Å²) >= 11 is 0. The zero-order chi connectivity index (χ0) is 16.1. The van der Waals surface area contributed by atoms with Crippen LogP contribution in [0, 0.1) is 0 Å². The van der Waals surface area contributed by atoms with E-state index in [4.69, 9.17) is 0 Å². The van der Waals surface area contributed by atoms with Gasteiger partial charge in [0.15, 0.2) is 0 Å². The molecule has 0 spiro atoms. The first-order chi connectivity index (χ1) is 10.9. The summed E-state index contributed by atoms with van der Waals surface area (Å²) in [6.07, 6.45) is 24.6. The third-order valence-corrected chi connectivity index (χ3v) is 4.63. The molecule has 0 unspecified atom stereocenters. The Kier molecular flexibility index (Phi) is 42.6. The van der Waals surface area contributed by atoms with Crippen LogP contribution in [0.1, 0.15) is 123 Å². The Bertz CT molecular complexity index is 173. The maximum atomic E-state index is 3.48. The van der Waals surface area contributed by atoms with Crippen molar-refractivity contribution < 1.29 is 0 Å². The maximum Gasteiger partial charge on any atom is -0.00489 e. The molecule has 0 bridgehead atoms. The number of rotatable bonds is 19. The SMILES string of the molecule is CCCCCCCCCCCCCCCCCCNCCC.Cl.Cl.N. The summed E-state index contributed by atoms with van der Waals surface area (Å²) < 4.78 is 0. The molecule has 0 amide bonds. The van der Waals surface area contributed by atoms with Crippen molar-refractivity contribution in [1.29, 1.82) is 0 Å². The van der Waals surface area contributed by atoms with Gasteiger partial charge >= 0.3 is 0 Å². The van der Waals surface area contributed by atoms with Crippen LogP contribution in [0.5, 0.6) is 0 Å². The smallest absolute Gasteiger partial charge is 0.00489 e. The Morgan fingerprint density at radius 2 is 0.720 bits per heavy atom. The second-order valence-electron chi connectivity index (χ2n) is 7.05. The minimum Gasteiger partial charge on any atom is -0.344 e. The first-order valence-electron chi connectivity index (χ1n) is 10.6. The minimum atomic E-state index is 0. The number of unbranched alkanes of at least 4 members (excludes halogenated alkanes) is 15. The highest BCUT2D eigenvalue weighted by molar-refractivity contribution is 5.85. The number of hydrogen-bond donors (Lipinski definition) is 2. The molecule has 0 aliphatic carbocycles. The predicted octanol–water partition coefficient (Wildman–Crippen LogP) is 8.25. The van der Waals surface area contributed by atoms with E-state index in [1.165, 1.54) is 122 Å². The zero-order valence-corrected chi connectivity index (χ0v) is 19.1. The van der Waals surface area contributed by atoms with E-state index in [0.29, 0.717) is 0 Å². The van der Waals surface area contributed by atoms with E-state index in [-0.39, 0.29) is 31.0 Å². The lowest BCUT2D eigenvalue weighted by molar-refractivity contribution is 0.525. The van der Waals surface area contributed by atoms with E-state index >= 15 is 0 Å². The molecule has 0 aliphatic heterocycles. The second kappa shape index (κ2) is 32.2. The molecule has 0 aromatic heterocycles. The van der Waals surface area contributed by atoms with Gasteiger partial charge < -0.3 is 11.5 Å². The van der Waals surface area contributed by atoms with Crippen molar-refractivity contribution in [2.45, 2.75) is 123 Å². The molecule has 0 rings (SSSR count). The highest BCUT2D eigenvalue weighted by Gasteiger charge is 1.94. The van der Waals surface area contributed by atoms with Gasteiger partial charge in [-0.25, -0.2) is 0 Å². The van der Waals surface area contributed by atoms with Crippen LogP contribution in [0.25, 0.3) is 0 Å². The molecule has 4 heteroatoms. The van der Waals surface area contributed by atoms with Crippen LogP contribution < -0.4 is 11.5 Å². The van der Waals surface area contributed by atoms with Crippen LogP contribution in [0.3, 0.4) is 0 Å². The second-order valence-corrected chi connectivity index (χ2v) is 7.05. The molecule has 0 heterocycles. The van der Waals surface area contributed by atoms with Gasteiger partial charge in [-0.05, 0) is 25.9 Å². The highest BCUT2D eigenvalue weighted by atomic mass is 35.5. The van der Waals surface area contributed by atoms with Gasteiger partial charge in [0, 0.05) is 0 Å². The van der Waals surface area contributed by atoms with E-state index in [1.807, 2.05) is 0 Å². The lowest BCUT2D eigenvalue weighted by Gasteiger charge is -2.04. The van der Waals surface area contributed by atoms with Crippen molar-refractivity contribution >= 4 is 24.8 Å². The van der Waals surface area contributed by atoms with Crippen LogP contribution in [0.2, 0.25) is 0 Å². The molecule has 158 valence electrons. The quantitative estimate of drug-likeness (QED) is 0.214. The minimum absolute atomic E-state index is 0. The van der Waals surface area contributed by atoms with Gasteiger partial charge in [-0.2, -0.15) is 0 Å². The molecule has 0 saturated heterocycles. The van der Waals surface area contributed by atoms with Gasteiger partial charge in [0.05, 0.1) is 0 Å². The van der Waals surface area contributed by atoms with Crippen LogP contribution >= 0.6 is 24.8 Å². The van der Waals surface area contributed by atoms with Crippen LogP contribution in [-0.2, 0) is 0 Å². The fourth-order valence-corrected chi connectivity index (χ4v) is 3.10. The maximum absolute atomic E-state index is 3.48. The lowest BCUT2D eigenvalue weighted by atomic mass is 10.0. The predicted molar refractivity (Wildman–Crippen MR) is 122 cm³/mol. The summed E-state index contributed by atoms with van der Waals surface area (Å²) in [5, 5.41) is 3.48. The first-order valence-corrected chi connectivity index (χ1v) is 10.6. The van der Waals surface area contributed by atoms with Crippen molar-refractivity contribution in [3.8, 4) is 0 Å². The molecule has 0 aliphatic rings. The zero-order valence-electron chi connectivity index (χ0n) is 17.5. The van der Waals surface area contributed by atoms with Crippen molar-refractivity contribution in [1.82, 2.24) is 11.5 Å². The molecule has 0 atom stereocenters. The Hall–Kier alpha value is 0.500. The van der Waals surface area contributed by atoms with Crippen LogP contribution in [0.15, 0.2) is 0 Å². The Morgan fingerprint density at radius 3 is 1.04 bits per heavy atom. The monoisotopic (exact) mass is 400 g/mol. The molecule has 0 radical (unpaired) electrons. The fraction of sp³-hybridized carbons (Fsp3) is 1.00. The van der Waals surface area contributed by atoms with Crippen molar-refractivity contribution in [2.24, 2.45) is 0 Å². The van der Waals surface area contributed by atoms with Crippen molar-refractivity contribution in [2.75, 3.05) is 13.1 Å². The van der Waals surface area contributed by atoms with Crippen LogP contribution in [0.4, 0.5) is 0 Å². The lowest BCUT2D eigenvalue weighted by Crippen LogP contribution is -2.15. The normalized spacial score (nSPS) is 9.84. The van der Waals surface area contributed by atoms with Gasteiger partial charge in [0.2, 0.25) is 0 Å². The molecule has 0 aromatic rings. The molecule has 0 saturated carbocycles. The van der Waals surface area contributed by atoms with Gasteiger partial charge in [-0.1, -0.05) is 110 Å². The fourth-order valence-electron chi connectivity index (χ4n) is 3.10. The summed E-state index contributed by atoms with van der Waals surface area (Å²) in [5.74, 6) is 0. The van der Waals surface area contributed by atoms with E-state index < -0.39 is 0 Å². The van der Waals surface area contributed by atoms with Crippen molar-refractivity contribution in [3.05, 3.63) is 0 Å². The average Bonchev–Trinajstić information content (AvgIpc) is 2.54.